The second-order valence-corrected chi connectivity index (χ2v) is 6.35. The average molecular weight is 313 g/mol. The molecule has 1 fully saturated rings. The highest BCUT2D eigenvalue weighted by atomic mass is 16.1. The summed E-state index contributed by atoms with van der Waals surface area (Å²) in [5.41, 5.74) is 0.890. The lowest BCUT2D eigenvalue weighted by Gasteiger charge is -2.16. The van der Waals surface area contributed by atoms with Crippen molar-refractivity contribution >= 4 is 5.91 Å². The molecule has 1 saturated carbocycles. The minimum Gasteiger partial charge on any atom is -0.348 e. The SMILES string of the molecule is CC(CC1CCCC1)C(=O)NCc1nnnn1-c1ccccc1. The Morgan fingerprint density at radius 1 is 1.30 bits per heavy atom. The van der Waals surface area contributed by atoms with Gasteiger partial charge in [0.15, 0.2) is 5.82 Å². The molecular weight excluding hydrogens is 290 g/mol. The van der Waals surface area contributed by atoms with Crippen molar-refractivity contribution in [3.05, 3.63) is 36.2 Å². The lowest BCUT2D eigenvalue weighted by Crippen LogP contribution is -2.30. The zero-order valence-electron chi connectivity index (χ0n) is 13.5. The number of nitrogens with one attached hydrogen (secondary N) is 1. The molecule has 1 amide bonds. The van der Waals surface area contributed by atoms with Crippen LogP contribution in [0.1, 0.15) is 44.9 Å². The summed E-state index contributed by atoms with van der Waals surface area (Å²) in [4.78, 5) is 12.3. The number of hydrogen-bond acceptors (Lipinski definition) is 4. The molecule has 6 nitrogen and oxygen atoms in total. The van der Waals surface area contributed by atoms with Crippen molar-refractivity contribution in [1.29, 1.82) is 0 Å². The lowest BCUT2D eigenvalue weighted by atomic mass is 9.94. The normalized spacial score (nSPS) is 16.4. The van der Waals surface area contributed by atoms with E-state index in [0.29, 0.717) is 18.3 Å². The Balaban J connectivity index is 1.56. The van der Waals surface area contributed by atoms with E-state index in [-0.39, 0.29) is 11.8 Å². The molecule has 1 aromatic heterocycles. The van der Waals surface area contributed by atoms with Gasteiger partial charge in [-0.2, -0.15) is 4.68 Å². The highest BCUT2D eigenvalue weighted by Crippen LogP contribution is 2.30. The molecule has 6 heteroatoms. The first kappa shape index (κ1) is 15.6. The molecule has 1 unspecified atom stereocenters. The number of carbonyl (C=O) groups excluding carboxylic acids is 1. The van der Waals surface area contributed by atoms with Crippen molar-refractivity contribution in [3.8, 4) is 5.69 Å². The first-order valence-electron chi connectivity index (χ1n) is 8.34. The summed E-state index contributed by atoms with van der Waals surface area (Å²) in [5.74, 6) is 1.47. The quantitative estimate of drug-likeness (QED) is 0.889. The van der Waals surface area contributed by atoms with Gasteiger partial charge in [0.2, 0.25) is 5.91 Å². The highest BCUT2D eigenvalue weighted by Gasteiger charge is 2.22. The van der Waals surface area contributed by atoms with Crippen LogP contribution in [0.2, 0.25) is 0 Å². The third kappa shape index (κ3) is 3.94. The summed E-state index contributed by atoms with van der Waals surface area (Å²) in [5, 5.41) is 14.7. The summed E-state index contributed by atoms with van der Waals surface area (Å²) < 4.78 is 1.65. The van der Waals surface area contributed by atoms with E-state index in [1.165, 1.54) is 25.7 Å². The van der Waals surface area contributed by atoms with Gasteiger partial charge in [0.25, 0.3) is 0 Å². The molecule has 1 aliphatic carbocycles. The summed E-state index contributed by atoms with van der Waals surface area (Å²) in [6.45, 7) is 2.35. The largest absolute Gasteiger partial charge is 0.348 e. The van der Waals surface area contributed by atoms with Gasteiger partial charge >= 0.3 is 0 Å². The highest BCUT2D eigenvalue weighted by molar-refractivity contribution is 5.78. The van der Waals surface area contributed by atoms with E-state index >= 15 is 0 Å². The fourth-order valence-corrected chi connectivity index (χ4v) is 3.28. The Kier molecular flexibility index (Phi) is 5.00. The number of amides is 1. The van der Waals surface area contributed by atoms with E-state index in [2.05, 4.69) is 20.8 Å². The van der Waals surface area contributed by atoms with Crippen LogP contribution in [0.25, 0.3) is 5.69 Å². The summed E-state index contributed by atoms with van der Waals surface area (Å²) in [7, 11) is 0. The molecule has 23 heavy (non-hydrogen) atoms. The number of carbonyl (C=O) groups is 1. The Labute approximate surface area is 136 Å². The van der Waals surface area contributed by atoms with Crippen LogP contribution >= 0.6 is 0 Å². The summed E-state index contributed by atoms with van der Waals surface area (Å²) in [6.07, 6.45) is 6.14. The van der Waals surface area contributed by atoms with Crippen LogP contribution in [-0.2, 0) is 11.3 Å². The number of rotatable bonds is 6. The maximum atomic E-state index is 12.3. The van der Waals surface area contributed by atoms with Gasteiger partial charge < -0.3 is 5.32 Å². The Hall–Kier alpha value is -2.24. The van der Waals surface area contributed by atoms with Crippen LogP contribution in [0.3, 0.4) is 0 Å². The van der Waals surface area contributed by atoms with Gasteiger partial charge in [-0.1, -0.05) is 50.8 Å². The summed E-state index contributed by atoms with van der Waals surface area (Å²) >= 11 is 0. The number of aromatic nitrogens is 4. The molecule has 2 aromatic rings. The zero-order chi connectivity index (χ0) is 16.1. The molecule has 0 bridgehead atoms. The van der Waals surface area contributed by atoms with E-state index in [1.807, 2.05) is 37.3 Å². The molecule has 1 N–H and O–H groups in total. The zero-order valence-corrected chi connectivity index (χ0v) is 13.5. The Morgan fingerprint density at radius 3 is 2.78 bits per heavy atom. The Bertz CT molecular complexity index is 633. The van der Waals surface area contributed by atoms with Gasteiger partial charge in [-0.15, -0.1) is 5.10 Å². The maximum absolute atomic E-state index is 12.3. The monoisotopic (exact) mass is 313 g/mol. The molecule has 122 valence electrons. The van der Waals surface area contributed by atoms with E-state index < -0.39 is 0 Å². The lowest BCUT2D eigenvalue weighted by molar-refractivity contribution is -0.125. The van der Waals surface area contributed by atoms with E-state index in [4.69, 9.17) is 0 Å². The maximum Gasteiger partial charge on any atom is 0.223 e. The van der Waals surface area contributed by atoms with Crippen molar-refractivity contribution in [1.82, 2.24) is 25.5 Å². The van der Waals surface area contributed by atoms with Crippen LogP contribution in [0.5, 0.6) is 0 Å². The van der Waals surface area contributed by atoms with Crippen LogP contribution in [0, 0.1) is 11.8 Å². The number of nitrogens with zero attached hydrogens (tertiary/aromatic N) is 4. The van der Waals surface area contributed by atoms with Crippen molar-refractivity contribution in [3.63, 3.8) is 0 Å². The van der Waals surface area contributed by atoms with Crippen molar-refractivity contribution < 1.29 is 4.79 Å². The van der Waals surface area contributed by atoms with Gasteiger partial charge in [0.05, 0.1) is 12.2 Å². The number of tetrazole rings is 1. The third-order valence-corrected chi connectivity index (χ3v) is 4.56. The second-order valence-electron chi connectivity index (χ2n) is 6.35. The summed E-state index contributed by atoms with van der Waals surface area (Å²) in [6, 6.07) is 9.68. The number of benzene rings is 1. The molecule has 1 heterocycles. The van der Waals surface area contributed by atoms with Crippen LogP contribution in [0.4, 0.5) is 0 Å². The minimum absolute atomic E-state index is 0.0409. The average Bonchev–Trinajstić information content (AvgIpc) is 3.24. The molecule has 0 saturated heterocycles. The molecule has 0 spiro atoms. The molecular formula is C17H23N5O. The van der Waals surface area contributed by atoms with E-state index in [1.54, 1.807) is 4.68 Å². The van der Waals surface area contributed by atoms with Crippen molar-refractivity contribution in [2.45, 2.75) is 45.6 Å². The van der Waals surface area contributed by atoms with E-state index in [0.717, 1.165) is 12.1 Å². The topological polar surface area (TPSA) is 72.7 Å². The van der Waals surface area contributed by atoms with Gasteiger partial charge in [-0.05, 0) is 34.9 Å². The smallest absolute Gasteiger partial charge is 0.223 e. The van der Waals surface area contributed by atoms with Crippen molar-refractivity contribution in [2.24, 2.45) is 11.8 Å². The van der Waals surface area contributed by atoms with E-state index in [9.17, 15) is 4.79 Å². The predicted molar refractivity (Wildman–Crippen MR) is 86.7 cm³/mol. The number of para-hydroxylation sites is 1. The minimum atomic E-state index is 0.0409. The van der Waals surface area contributed by atoms with Gasteiger partial charge in [0.1, 0.15) is 0 Å². The second kappa shape index (κ2) is 7.35. The molecule has 1 aromatic carbocycles. The molecule has 1 aliphatic rings. The number of hydrogen-bond donors (Lipinski definition) is 1. The first-order valence-corrected chi connectivity index (χ1v) is 8.34. The molecule has 0 aliphatic heterocycles. The fourth-order valence-electron chi connectivity index (χ4n) is 3.28. The molecule has 0 radical (unpaired) electrons. The fraction of sp³-hybridized carbons (Fsp3) is 0.529. The Morgan fingerprint density at radius 2 is 2.04 bits per heavy atom. The van der Waals surface area contributed by atoms with Crippen LogP contribution in [0.15, 0.2) is 30.3 Å². The predicted octanol–water partition coefficient (Wildman–Crippen LogP) is 2.49. The molecule has 3 rings (SSSR count). The van der Waals surface area contributed by atoms with Crippen LogP contribution < -0.4 is 5.32 Å². The van der Waals surface area contributed by atoms with Crippen LogP contribution in [-0.4, -0.2) is 26.1 Å². The van der Waals surface area contributed by atoms with Gasteiger partial charge in [-0.3, -0.25) is 4.79 Å². The molecule has 1 atom stereocenters. The standard InChI is InChI=1S/C17H23N5O/c1-13(11-14-7-5-6-8-14)17(23)18-12-16-19-20-21-22(16)15-9-3-2-4-10-15/h2-4,9-10,13-14H,5-8,11-12H2,1H3,(H,18,23). The first-order chi connectivity index (χ1) is 11.2. The van der Waals surface area contributed by atoms with Gasteiger partial charge in [-0.25, -0.2) is 0 Å². The van der Waals surface area contributed by atoms with Crippen molar-refractivity contribution in [2.75, 3.05) is 0 Å². The third-order valence-electron chi connectivity index (χ3n) is 4.56. The van der Waals surface area contributed by atoms with Gasteiger partial charge in [0, 0.05) is 5.92 Å².